The van der Waals surface area contributed by atoms with Crippen molar-refractivity contribution >= 4 is 57.4 Å². The van der Waals surface area contributed by atoms with Crippen molar-refractivity contribution in [3.8, 4) is 0 Å². The standard InChI is InChI=1S/C40H64N8O10S/c1-4-5-6-7-8-9-10-11-12-13-14-15-33(51)47-29(21-32(41)50)38(55)45-26(2)16-17-27(49)20-34(52)46-28(40(56)57)18-19-59(3)23-31-35(53)36(54)39(58-31)48-25-44-30-22-42-24-43-37(30)48/h22,24-26,28-29,31,35-36,39,53-54H,4-21,23H2,1-3H3,(H5-,41,45,46,47,50,51,52,55,56,57)/p+1/t26-,28-,29+,31+,35-,36?,39+,59?/m0/s1. The maximum atomic E-state index is 13.0. The van der Waals surface area contributed by atoms with Crippen molar-refractivity contribution in [1.29, 1.82) is 0 Å². The molecule has 3 rings (SSSR count). The van der Waals surface area contributed by atoms with Crippen LogP contribution >= 0.6 is 0 Å². The minimum atomic E-state index is -1.27. The summed E-state index contributed by atoms with van der Waals surface area (Å²) in [4.78, 5) is 86.8. The van der Waals surface area contributed by atoms with Crippen LogP contribution in [0.2, 0.25) is 0 Å². The van der Waals surface area contributed by atoms with E-state index < -0.39 is 89.5 Å². The zero-order chi connectivity index (χ0) is 43.3. The van der Waals surface area contributed by atoms with E-state index in [0.717, 1.165) is 19.3 Å². The Morgan fingerprint density at radius 1 is 0.864 bits per heavy atom. The molecular formula is C40H65N8O10S+. The predicted molar refractivity (Wildman–Crippen MR) is 222 cm³/mol. The summed E-state index contributed by atoms with van der Waals surface area (Å²) in [7, 11) is -0.488. The highest BCUT2D eigenvalue weighted by molar-refractivity contribution is 7.96. The van der Waals surface area contributed by atoms with Crippen LogP contribution in [0.5, 0.6) is 0 Å². The van der Waals surface area contributed by atoms with Crippen molar-refractivity contribution in [3.63, 3.8) is 0 Å². The number of hydrogen-bond acceptors (Lipinski definition) is 12. The molecule has 0 aliphatic carbocycles. The number of carboxylic acids is 1. The lowest BCUT2D eigenvalue weighted by Crippen LogP contribution is -2.50. The summed E-state index contributed by atoms with van der Waals surface area (Å²) in [6.07, 6.45) is 13.9. The van der Waals surface area contributed by atoms with E-state index in [-0.39, 0.29) is 38.0 Å². The highest BCUT2D eigenvalue weighted by Crippen LogP contribution is 2.32. The number of nitrogens with two attached hydrogens (primary N) is 1. The van der Waals surface area contributed by atoms with Gasteiger partial charge in [-0.1, -0.05) is 71.1 Å². The molecule has 1 aliphatic rings. The lowest BCUT2D eigenvalue weighted by Gasteiger charge is -2.20. The van der Waals surface area contributed by atoms with E-state index in [1.165, 1.54) is 68.4 Å². The van der Waals surface area contributed by atoms with E-state index in [1.807, 2.05) is 6.26 Å². The number of imidazole rings is 1. The number of nitrogens with one attached hydrogen (secondary N) is 3. The molecule has 2 aromatic heterocycles. The van der Waals surface area contributed by atoms with Crippen LogP contribution in [0.3, 0.4) is 0 Å². The Labute approximate surface area is 349 Å². The summed E-state index contributed by atoms with van der Waals surface area (Å²) in [5, 5.41) is 38.9. The van der Waals surface area contributed by atoms with Crippen molar-refractivity contribution in [3.05, 3.63) is 18.9 Å². The first-order valence-electron chi connectivity index (χ1n) is 20.8. The normalized spacial score (nSPS) is 19.7. The third-order valence-electron chi connectivity index (χ3n) is 10.4. The first-order valence-corrected chi connectivity index (χ1v) is 22.8. The van der Waals surface area contributed by atoms with Gasteiger partial charge in [0.25, 0.3) is 0 Å². The Kier molecular flexibility index (Phi) is 21.8. The van der Waals surface area contributed by atoms with Gasteiger partial charge in [-0.2, -0.15) is 0 Å². The lowest BCUT2D eigenvalue weighted by atomic mass is 10.0. The number of hydrogen-bond donors (Lipinski definition) is 7. The maximum absolute atomic E-state index is 13.0. The van der Waals surface area contributed by atoms with Gasteiger partial charge in [-0.15, -0.1) is 0 Å². The fraction of sp³-hybridized carbons (Fsp3) is 0.725. The molecule has 3 heterocycles. The SMILES string of the molecule is CCCCCCCCCCCCCC(=O)N[C@H](CC(N)=O)C(=O)N[C@@H](C)CCC(=O)CC(=O)N[C@@H](CC[S+](C)C[C@H]1O[C@@H](n2cnc3cncnc32)C(O)[C@H]1O)C(=O)O. The molecule has 4 amide bonds. The van der Waals surface area contributed by atoms with Crippen molar-refractivity contribution in [2.45, 2.75) is 166 Å². The molecule has 0 spiro atoms. The Balaban J connectivity index is 1.34. The van der Waals surface area contributed by atoms with E-state index in [2.05, 4.69) is 37.8 Å². The van der Waals surface area contributed by atoms with Crippen LogP contribution in [0.15, 0.2) is 18.9 Å². The average molecular weight is 850 g/mol. The Bertz CT molecular complexity index is 1660. The molecule has 330 valence electrons. The van der Waals surface area contributed by atoms with Crippen LogP contribution < -0.4 is 21.7 Å². The Morgan fingerprint density at radius 3 is 2.15 bits per heavy atom. The second-order valence-corrected chi connectivity index (χ2v) is 17.9. The first kappa shape index (κ1) is 49.2. The number of aliphatic hydroxyl groups excluding tert-OH is 2. The van der Waals surface area contributed by atoms with Gasteiger partial charge in [0.05, 0.1) is 31.6 Å². The number of carboxylic acid groups (broad SMARTS) is 1. The monoisotopic (exact) mass is 849 g/mol. The van der Waals surface area contributed by atoms with Crippen LogP contribution in [0.1, 0.15) is 129 Å². The Morgan fingerprint density at radius 2 is 1.51 bits per heavy atom. The number of rotatable bonds is 30. The molecule has 18 nitrogen and oxygen atoms in total. The van der Waals surface area contributed by atoms with Gasteiger partial charge in [0, 0.05) is 25.3 Å². The van der Waals surface area contributed by atoms with Gasteiger partial charge in [0.2, 0.25) is 23.6 Å². The third-order valence-corrected chi connectivity index (χ3v) is 12.2. The van der Waals surface area contributed by atoms with Crippen molar-refractivity contribution in [1.82, 2.24) is 35.5 Å². The van der Waals surface area contributed by atoms with Crippen LogP contribution in [0.25, 0.3) is 11.2 Å². The number of nitrogens with zero attached hydrogens (tertiary/aromatic N) is 4. The number of aromatic nitrogens is 4. The summed E-state index contributed by atoms with van der Waals surface area (Å²) < 4.78 is 7.52. The molecule has 0 aromatic carbocycles. The molecule has 19 heteroatoms. The molecule has 59 heavy (non-hydrogen) atoms. The molecule has 1 fully saturated rings. The van der Waals surface area contributed by atoms with Gasteiger partial charge >= 0.3 is 5.97 Å². The van der Waals surface area contributed by atoms with Crippen molar-refractivity contribution in [2.75, 3.05) is 17.8 Å². The van der Waals surface area contributed by atoms with Crippen molar-refractivity contribution < 1.29 is 48.8 Å². The van der Waals surface area contributed by atoms with Gasteiger partial charge in [0.15, 0.2) is 11.9 Å². The fourth-order valence-electron chi connectivity index (χ4n) is 6.94. The van der Waals surface area contributed by atoms with E-state index in [4.69, 9.17) is 10.5 Å². The predicted octanol–water partition coefficient (Wildman–Crippen LogP) is 1.96. The first-order chi connectivity index (χ1) is 28.2. The molecule has 0 saturated carbocycles. The fourth-order valence-corrected chi connectivity index (χ4v) is 8.58. The number of unbranched alkanes of at least 4 members (excludes halogenated alkanes) is 10. The minimum Gasteiger partial charge on any atom is -0.480 e. The van der Waals surface area contributed by atoms with E-state index >= 15 is 0 Å². The Hall–Kier alpha value is -4.20. The number of ketones is 1. The number of carbonyl (C=O) groups is 6. The molecule has 2 unspecified atom stereocenters. The number of primary amides is 1. The topological polar surface area (TPSA) is 278 Å². The summed E-state index contributed by atoms with van der Waals surface area (Å²) >= 11 is 0. The number of carbonyl (C=O) groups excluding carboxylic acids is 5. The van der Waals surface area contributed by atoms with Gasteiger partial charge < -0.3 is 41.7 Å². The summed E-state index contributed by atoms with van der Waals surface area (Å²) in [5.74, 6) is -3.53. The summed E-state index contributed by atoms with van der Waals surface area (Å²) in [5.41, 5.74) is 6.27. The molecule has 1 aliphatic heterocycles. The summed E-state index contributed by atoms with van der Waals surface area (Å²) in [6.45, 7) is 3.85. The van der Waals surface area contributed by atoms with Gasteiger partial charge in [-0.25, -0.2) is 19.7 Å². The molecule has 2 aromatic rings. The minimum absolute atomic E-state index is 0.0537. The van der Waals surface area contributed by atoms with Crippen LogP contribution in [0.4, 0.5) is 0 Å². The van der Waals surface area contributed by atoms with E-state index in [9.17, 15) is 44.1 Å². The molecular weight excluding hydrogens is 785 g/mol. The summed E-state index contributed by atoms with van der Waals surface area (Å²) in [6, 6.07) is -2.97. The third kappa shape index (κ3) is 17.5. The molecule has 8 atom stereocenters. The van der Waals surface area contributed by atoms with Gasteiger partial charge in [0.1, 0.15) is 59.5 Å². The quantitative estimate of drug-likeness (QED) is 0.0337. The number of Topliss-reactive ketones (excluding diaryl/α,β-unsaturated/α-hetero) is 1. The lowest BCUT2D eigenvalue weighted by molar-refractivity contribution is -0.142. The maximum Gasteiger partial charge on any atom is 0.326 e. The van der Waals surface area contributed by atoms with E-state index in [0.29, 0.717) is 29.1 Å². The van der Waals surface area contributed by atoms with Gasteiger partial charge in [-0.3, -0.25) is 28.5 Å². The second kappa shape index (κ2) is 26.1. The second-order valence-electron chi connectivity index (χ2n) is 15.6. The molecule has 0 radical (unpaired) electrons. The average Bonchev–Trinajstić information content (AvgIpc) is 3.73. The largest absolute Gasteiger partial charge is 0.480 e. The van der Waals surface area contributed by atoms with Gasteiger partial charge in [-0.05, 0) is 30.7 Å². The molecule has 8 N–H and O–H groups in total. The van der Waals surface area contributed by atoms with Crippen molar-refractivity contribution in [2.24, 2.45) is 5.73 Å². The van der Waals surface area contributed by atoms with Crippen LogP contribution in [-0.4, -0.2) is 124 Å². The molecule has 0 bridgehead atoms. The van der Waals surface area contributed by atoms with E-state index in [1.54, 1.807) is 6.92 Å². The highest BCUT2D eigenvalue weighted by Gasteiger charge is 2.46. The zero-order valence-electron chi connectivity index (χ0n) is 34.7. The molecule has 1 saturated heterocycles. The number of aliphatic carboxylic acids is 1. The zero-order valence-corrected chi connectivity index (χ0v) is 35.5. The number of aliphatic hydroxyl groups is 2. The highest BCUT2D eigenvalue weighted by atomic mass is 32.2. The smallest absolute Gasteiger partial charge is 0.326 e. The number of amides is 4. The van der Waals surface area contributed by atoms with Crippen LogP contribution in [-0.2, 0) is 44.4 Å². The number of ether oxygens (including phenoxy) is 1. The number of fused-ring (bicyclic) bond motifs is 1. The van der Waals surface area contributed by atoms with Crippen LogP contribution in [0, 0.1) is 0 Å².